The van der Waals surface area contributed by atoms with Gasteiger partial charge in [0.05, 0.1) is 12.6 Å². The topological polar surface area (TPSA) is 55.1 Å². The second kappa shape index (κ2) is 8.08. The molecule has 0 radical (unpaired) electrons. The maximum absolute atomic E-state index is 11.6. The van der Waals surface area contributed by atoms with E-state index in [-0.39, 0.29) is 18.3 Å². The zero-order valence-electron chi connectivity index (χ0n) is 9.90. The third-order valence-electron chi connectivity index (χ3n) is 2.12. The number of nitrogens with one attached hydrogen (secondary N) is 1. The van der Waals surface area contributed by atoms with Crippen molar-refractivity contribution in [2.45, 2.75) is 32.9 Å². The number of halogens is 2. The summed E-state index contributed by atoms with van der Waals surface area (Å²) in [4.78, 5) is 12.7. The van der Waals surface area contributed by atoms with Crippen molar-refractivity contribution >= 4 is 45.6 Å². The molecule has 0 saturated heterocycles. The highest BCUT2D eigenvalue weighted by molar-refractivity contribution is 9.10. The zero-order chi connectivity index (χ0) is 12.1. The standard InChI is InChI=1S/C11H17BrN2OS.ClH/c1-7(2)3-10(13)11(15)14-5-9-4-8(12)6-16-9;/h4,6-7,10H,3,5,13H2,1-2H3,(H,14,15);1H/t10-;/m0./s1. The van der Waals surface area contributed by atoms with Crippen LogP contribution >= 0.6 is 39.7 Å². The van der Waals surface area contributed by atoms with E-state index < -0.39 is 6.04 Å². The van der Waals surface area contributed by atoms with Crippen LogP contribution in [0.3, 0.4) is 0 Å². The van der Waals surface area contributed by atoms with Crippen molar-refractivity contribution in [3.63, 3.8) is 0 Å². The van der Waals surface area contributed by atoms with Crippen molar-refractivity contribution in [2.24, 2.45) is 11.7 Å². The van der Waals surface area contributed by atoms with Crippen LogP contribution in [0, 0.1) is 5.92 Å². The van der Waals surface area contributed by atoms with Gasteiger partial charge in [0.25, 0.3) is 0 Å². The molecule has 0 aromatic carbocycles. The van der Waals surface area contributed by atoms with E-state index >= 15 is 0 Å². The Kier molecular flexibility index (Phi) is 8.03. The average molecular weight is 342 g/mol. The highest BCUT2D eigenvalue weighted by Crippen LogP contribution is 2.19. The van der Waals surface area contributed by atoms with E-state index in [0.717, 1.165) is 15.8 Å². The Morgan fingerprint density at radius 3 is 2.71 bits per heavy atom. The summed E-state index contributed by atoms with van der Waals surface area (Å²) in [7, 11) is 0. The van der Waals surface area contributed by atoms with E-state index in [1.54, 1.807) is 11.3 Å². The van der Waals surface area contributed by atoms with Gasteiger partial charge in [0.1, 0.15) is 0 Å². The molecule has 0 aliphatic carbocycles. The van der Waals surface area contributed by atoms with E-state index in [1.807, 2.05) is 11.4 Å². The molecule has 1 heterocycles. The van der Waals surface area contributed by atoms with E-state index in [1.165, 1.54) is 0 Å². The molecule has 3 N–H and O–H groups in total. The monoisotopic (exact) mass is 340 g/mol. The van der Waals surface area contributed by atoms with Crippen LogP contribution in [0.4, 0.5) is 0 Å². The summed E-state index contributed by atoms with van der Waals surface area (Å²) < 4.78 is 1.05. The summed E-state index contributed by atoms with van der Waals surface area (Å²) in [5.41, 5.74) is 5.77. The summed E-state index contributed by atoms with van der Waals surface area (Å²) in [6.07, 6.45) is 0.722. The Morgan fingerprint density at radius 1 is 1.59 bits per heavy atom. The highest BCUT2D eigenvalue weighted by Gasteiger charge is 2.14. The van der Waals surface area contributed by atoms with Crippen molar-refractivity contribution in [3.8, 4) is 0 Å². The Bertz CT molecular complexity index is 357. The zero-order valence-corrected chi connectivity index (χ0v) is 13.1. The molecule has 0 unspecified atom stereocenters. The van der Waals surface area contributed by atoms with Gasteiger partial charge in [-0.2, -0.15) is 0 Å². The van der Waals surface area contributed by atoms with Crippen LogP contribution in [0.1, 0.15) is 25.1 Å². The van der Waals surface area contributed by atoms with E-state index in [0.29, 0.717) is 12.5 Å². The fraction of sp³-hybridized carbons (Fsp3) is 0.545. The normalized spacial score (nSPS) is 12.1. The molecule has 0 saturated carbocycles. The van der Waals surface area contributed by atoms with E-state index in [4.69, 9.17) is 5.73 Å². The molecule has 0 spiro atoms. The lowest BCUT2D eigenvalue weighted by Crippen LogP contribution is -2.40. The first-order valence-corrected chi connectivity index (χ1v) is 6.92. The van der Waals surface area contributed by atoms with Crippen molar-refractivity contribution < 1.29 is 4.79 Å². The second-order valence-electron chi connectivity index (χ2n) is 4.19. The molecule has 1 rings (SSSR count). The van der Waals surface area contributed by atoms with Crippen LogP contribution in [0.5, 0.6) is 0 Å². The average Bonchev–Trinajstić information content (AvgIpc) is 2.59. The Labute approximate surface area is 121 Å². The Balaban J connectivity index is 0.00000256. The van der Waals surface area contributed by atoms with E-state index in [2.05, 4.69) is 35.1 Å². The molecule has 3 nitrogen and oxygen atoms in total. The van der Waals surface area contributed by atoms with Crippen molar-refractivity contribution in [3.05, 3.63) is 20.8 Å². The molecular weight excluding hydrogens is 324 g/mol. The number of nitrogens with two attached hydrogens (primary N) is 1. The molecule has 6 heteroatoms. The molecule has 98 valence electrons. The number of amides is 1. The molecule has 1 aromatic rings. The van der Waals surface area contributed by atoms with Crippen molar-refractivity contribution in [1.82, 2.24) is 5.32 Å². The number of hydrogen-bond acceptors (Lipinski definition) is 3. The number of thiophene rings is 1. The number of hydrogen-bond donors (Lipinski definition) is 2. The van der Waals surface area contributed by atoms with Gasteiger partial charge in [-0.1, -0.05) is 13.8 Å². The fourth-order valence-corrected chi connectivity index (χ4v) is 2.76. The number of carbonyl (C=O) groups is 1. The summed E-state index contributed by atoms with van der Waals surface area (Å²) in [5.74, 6) is 0.370. The third kappa shape index (κ3) is 6.41. The minimum atomic E-state index is -0.400. The third-order valence-corrected chi connectivity index (χ3v) is 3.82. The maximum Gasteiger partial charge on any atom is 0.237 e. The van der Waals surface area contributed by atoms with Gasteiger partial charge in [-0.15, -0.1) is 23.7 Å². The molecule has 1 amide bonds. The predicted molar refractivity (Wildman–Crippen MR) is 78.5 cm³/mol. The molecule has 0 fully saturated rings. The van der Waals surface area contributed by atoms with Crippen molar-refractivity contribution in [2.75, 3.05) is 0 Å². The first kappa shape index (κ1) is 16.9. The summed E-state index contributed by atoms with van der Waals surface area (Å²) in [6.45, 7) is 4.67. The van der Waals surface area contributed by atoms with Crippen LogP contribution in [0.2, 0.25) is 0 Å². The molecule has 0 bridgehead atoms. The van der Waals surface area contributed by atoms with Crippen molar-refractivity contribution in [1.29, 1.82) is 0 Å². The van der Waals surface area contributed by atoms with Gasteiger partial charge in [-0.3, -0.25) is 4.79 Å². The second-order valence-corrected chi connectivity index (χ2v) is 6.10. The molecule has 0 aliphatic rings. The lowest BCUT2D eigenvalue weighted by Gasteiger charge is -2.13. The van der Waals surface area contributed by atoms with Gasteiger partial charge in [0.15, 0.2) is 0 Å². The summed E-state index contributed by atoms with van der Waals surface area (Å²) in [6, 6.07) is 1.60. The number of rotatable bonds is 5. The lowest BCUT2D eigenvalue weighted by molar-refractivity contribution is -0.122. The van der Waals surface area contributed by atoms with Gasteiger partial charge in [-0.25, -0.2) is 0 Å². The lowest BCUT2D eigenvalue weighted by atomic mass is 10.0. The Hall–Kier alpha value is -0.100. The largest absolute Gasteiger partial charge is 0.350 e. The minimum Gasteiger partial charge on any atom is -0.350 e. The SMILES string of the molecule is CC(C)C[C@H](N)C(=O)NCc1cc(Br)cs1.Cl. The smallest absolute Gasteiger partial charge is 0.237 e. The van der Waals surface area contributed by atoms with Gasteiger partial charge >= 0.3 is 0 Å². The van der Waals surface area contributed by atoms with Gasteiger partial charge < -0.3 is 11.1 Å². The van der Waals surface area contributed by atoms with Crippen LogP contribution in [0.25, 0.3) is 0 Å². The fourth-order valence-electron chi connectivity index (χ4n) is 1.37. The maximum atomic E-state index is 11.6. The van der Waals surface area contributed by atoms with Crippen LogP contribution in [-0.2, 0) is 11.3 Å². The highest BCUT2D eigenvalue weighted by atomic mass is 79.9. The Morgan fingerprint density at radius 2 is 2.24 bits per heavy atom. The van der Waals surface area contributed by atoms with E-state index in [9.17, 15) is 4.79 Å². The summed E-state index contributed by atoms with van der Waals surface area (Å²) >= 11 is 4.99. The minimum absolute atomic E-state index is 0. The quantitative estimate of drug-likeness (QED) is 0.865. The number of carbonyl (C=O) groups excluding carboxylic acids is 1. The molecular formula is C11H18BrClN2OS. The predicted octanol–water partition coefficient (Wildman–Crippen LogP) is 2.92. The summed E-state index contributed by atoms with van der Waals surface area (Å²) in [5, 5.41) is 4.84. The van der Waals surface area contributed by atoms with Gasteiger partial charge in [0, 0.05) is 14.7 Å². The van der Waals surface area contributed by atoms with Crippen LogP contribution in [0.15, 0.2) is 15.9 Å². The van der Waals surface area contributed by atoms with Crippen LogP contribution < -0.4 is 11.1 Å². The molecule has 0 aliphatic heterocycles. The first-order valence-electron chi connectivity index (χ1n) is 5.25. The molecule has 17 heavy (non-hydrogen) atoms. The molecule has 1 aromatic heterocycles. The van der Waals surface area contributed by atoms with Gasteiger partial charge in [0.2, 0.25) is 5.91 Å². The molecule has 1 atom stereocenters. The van der Waals surface area contributed by atoms with Crippen LogP contribution in [-0.4, -0.2) is 11.9 Å². The van der Waals surface area contributed by atoms with Gasteiger partial charge in [-0.05, 0) is 34.3 Å². The first-order chi connectivity index (χ1) is 7.49.